The quantitative estimate of drug-likeness (QED) is 0.500. The van der Waals surface area contributed by atoms with E-state index in [0.717, 1.165) is 0 Å². The standard InChI is InChI=1S/C23H17FN2O5/c24-15-11-9-14(10-12-15)21(27)16-5-1-2-6-17(16)22(28)25-26-23(29)20-13-30-18-7-3-4-8-19(18)31-20/h1-12,20H,13H2,(H,25,28)(H,26,29). The summed E-state index contributed by atoms with van der Waals surface area (Å²) in [4.78, 5) is 37.8. The predicted molar refractivity (Wildman–Crippen MR) is 108 cm³/mol. The Morgan fingerprint density at radius 1 is 0.806 bits per heavy atom. The number of ketones is 1. The first-order valence-corrected chi connectivity index (χ1v) is 9.41. The number of fused-ring (bicyclic) bond motifs is 1. The third kappa shape index (κ3) is 4.37. The number of ether oxygens (including phenoxy) is 2. The fourth-order valence-corrected chi connectivity index (χ4v) is 3.05. The number of nitrogens with one attached hydrogen (secondary N) is 2. The van der Waals surface area contributed by atoms with E-state index in [9.17, 15) is 18.8 Å². The molecule has 0 fully saturated rings. The van der Waals surface area contributed by atoms with Crippen LogP contribution in [0.1, 0.15) is 26.3 Å². The van der Waals surface area contributed by atoms with Crippen LogP contribution in [0.15, 0.2) is 72.8 Å². The number of benzene rings is 3. The monoisotopic (exact) mass is 420 g/mol. The summed E-state index contributed by atoms with van der Waals surface area (Å²) in [6.07, 6.45) is -0.953. The number of carbonyl (C=O) groups excluding carboxylic acids is 3. The Hall–Kier alpha value is -4.20. The molecular formula is C23H17FN2O5. The molecule has 0 radical (unpaired) electrons. The van der Waals surface area contributed by atoms with E-state index in [2.05, 4.69) is 10.9 Å². The molecule has 3 aromatic carbocycles. The summed E-state index contributed by atoms with van der Waals surface area (Å²) in [5, 5.41) is 0. The minimum absolute atomic E-state index is 0.0155. The molecule has 2 amide bonds. The molecule has 3 aromatic rings. The van der Waals surface area contributed by atoms with Gasteiger partial charge in [0.05, 0.1) is 5.56 Å². The Morgan fingerprint density at radius 2 is 1.45 bits per heavy atom. The number of para-hydroxylation sites is 2. The fourth-order valence-electron chi connectivity index (χ4n) is 3.05. The molecule has 1 aliphatic rings. The molecule has 0 spiro atoms. The molecule has 0 bridgehead atoms. The lowest BCUT2D eigenvalue weighted by Gasteiger charge is -2.25. The van der Waals surface area contributed by atoms with Crippen LogP contribution in [0.25, 0.3) is 0 Å². The molecule has 1 unspecified atom stereocenters. The molecule has 0 saturated heterocycles. The Morgan fingerprint density at radius 3 is 2.19 bits per heavy atom. The van der Waals surface area contributed by atoms with Crippen LogP contribution < -0.4 is 20.3 Å². The molecule has 31 heavy (non-hydrogen) atoms. The average Bonchev–Trinajstić information content (AvgIpc) is 2.82. The highest BCUT2D eigenvalue weighted by atomic mass is 19.1. The Kier molecular flexibility index (Phi) is 5.61. The number of rotatable bonds is 4. The maximum atomic E-state index is 13.1. The number of carbonyl (C=O) groups is 3. The van der Waals surface area contributed by atoms with E-state index >= 15 is 0 Å². The van der Waals surface area contributed by atoms with Gasteiger partial charge in [-0.2, -0.15) is 0 Å². The molecule has 0 aliphatic carbocycles. The van der Waals surface area contributed by atoms with Gasteiger partial charge in [0.1, 0.15) is 12.4 Å². The van der Waals surface area contributed by atoms with Crippen molar-refractivity contribution in [2.45, 2.75) is 6.10 Å². The van der Waals surface area contributed by atoms with E-state index < -0.39 is 29.5 Å². The van der Waals surface area contributed by atoms with E-state index in [-0.39, 0.29) is 23.3 Å². The minimum Gasteiger partial charge on any atom is -0.485 e. The van der Waals surface area contributed by atoms with Crippen molar-refractivity contribution in [2.75, 3.05) is 6.61 Å². The lowest BCUT2D eigenvalue weighted by molar-refractivity contribution is -0.131. The van der Waals surface area contributed by atoms with E-state index in [1.54, 1.807) is 36.4 Å². The maximum absolute atomic E-state index is 13.1. The lowest BCUT2D eigenvalue weighted by Crippen LogP contribution is -2.51. The zero-order chi connectivity index (χ0) is 21.8. The van der Waals surface area contributed by atoms with Gasteiger partial charge in [-0.3, -0.25) is 25.2 Å². The van der Waals surface area contributed by atoms with Crippen LogP contribution in [0.4, 0.5) is 4.39 Å². The summed E-state index contributed by atoms with van der Waals surface area (Å²) >= 11 is 0. The first-order valence-electron chi connectivity index (χ1n) is 9.41. The normalized spacial score (nSPS) is 14.4. The highest BCUT2D eigenvalue weighted by Crippen LogP contribution is 2.30. The molecule has 0 saturated carbocycles. The predicted octanol–water partition coefficient (Wildman–Crippen LogP) is 2.66. The van der Waals surface area contributed by atoms with Crippen LogP contribution in [-0.2, 0) is 4.79 Å². The van der Waals surface area contributed by atoms with Crippen LogP contribution in [0, 0.1) is 5.82 Å². The number of hydrogen-bond donors (Lipinski definition) is 2. The van der Waals surface area contributed by atoms with Gasteiger partial charge >= 0.3 is 0 Å². The highest BCUT2D eigenvalue weighted by molar-refractivity contribution is 6.15. The van der Waals surface area contributed by atoms with Gasteiger partial charge in [-0.15, -0.1) is 0 Å². The summed E-state index contributed by atoms with van der Waals surface area (Å²) in [7, 11) is 0. The number of amides is 2. The summed E-state index contributed by atoms with van der Waals surface area (Å²) in [5.74, 6) is -1.25. The van der Waals surface area contributed by atoms with Crippen molar-refractivity contribution >= 4 is 17.6 Å². The summed E-state index contributed by atoms with van der Waals surface area (Å²) in [5.41, 5.74) is 4.99. The van der Waals surface area contributed by atoms with Crippen LogP contribution in [0.3, 0.4) is 0 Å². The van der Waals surface area contributed by atoms with E-state index in [1.165, 1.54) is 36.4 Å². The molecule has 0 aromatic heterocycles. The van der Waals surface area contributed by atoms with Gasteiger partial charge in [0, 0.05) is 11.1 Å². The van der Waals surface area contributed by atoms with Crippen molar-refractivity contribution in [3.8, 4) is 11.5 Å². The molecule has 4 rings (SSSR count). The van der Waals surface area contributed by atoms with Gasteiger partial charge < -0.3 is 9.47 Å². The van der Waals surface area contributed by atoms with Crippen LogP contribution in [-0.4, -0.2) is 30.3 Å². The lowest BCUT2D eigenvalue weighted by atomic mass is 9.98. The largest absolute Gasteiger partial charge is 0.485 e. The van der Waals surface area contributed by atoms with E-state index in [4.69, 9.17) is 9.47 Å². The summed E-state index contributed by atoms with van der Waals surface area (Å²) in [6.45, 7) is -0.0155. The summed E-state index contributed by atoms with van der Waals surface area (Å²) in [6, 6.07) is 18.1. The second-order valence-corrected chi connectivity index (χ2v) is 6.69. The van der Waals surface area contributed by atoms with Crippen molar-refractivity contribution in [3.05, 3.63) is 95.3 Å². The second kappa shape index (κ2) is 8.66. The maximum Gasteiger partial charge on any atom is 0.283 e. The smallest absolute Gasteiger partial charge is 0.283 e. The number of hydrogen-bond acceptors (Lipinski definition) is 5. The number of hydrazine groups is 1. The van der Waals surface area contributed by atoms with Crippen molar-refractivity contribution < 1.29 is 28.2 Å². The topological polar surface area (TPSA) is 93.7 Å². The van der Waals surface area contributed by atoms with Crippen molar-refractivity contribution in [3.63, 3.8) is 0 Å². The third-order valence-corrected chi connectivity index (χ3v) is 4.62. The van der Waals surface area contributed by atoms with Crippen molar-refractivity contribution in [2.24, 2.45) is 0 Å². The molecular weight excluding hydrogens is 403 g/mol. The van der Waals surface area contributed by atoms with Gasteiger partial charge in [0.2, 0.25) is 6.10 Å². The SMILES string of the molecule is O=C(NNC(=O)C1COc2ccccc2O1)c1ccccc1C(=O)c1ccc(F)cc1. The first kappa shape index (κ1) is 20.1. The highest BCUT2D eigenvalue weighted by Gasteiger charge is 2.28. The van der Waals surface area contributed by atoms with Crippen LogP contribution >= 0.6 is 0 Å². The van der Waals surface area contributed by atoms with E-state index in [1.807, 2.05) is 0 Å². The van der Waals surface area contributed by atoms with Gasteiger partial charge in [-0.1, -0.05) is 30.3 Å². The van der Waals surface area contributed by atoms with E-state index in [0.29, 0.717) is 11.5 Å². The van der Waals surface area contributed by atoms with Crippen molar-refractivity contribution in [1.29, 1.82) is 0 Å². The third-order valence-electron chi connectivity index (χ3n) is 4.62. The molecule has 1 heterocycles. The van der Waals surface area contributed by atoms with Gasteiger partial charge in [0.25, 0.3) is 11.8 Å². The minimum atomic E-state index is -0.953. The molecule has 8 heteroatoms. The first-order chi connectivity index (χ1) is 15.0. The summed E-state index contributed by atoms with van der Waals surface area (Å²) < 4.78 is 24.2. The fraction of sp³-hybridized carbons (Fsp3) is 0.0870. The Bertz CT molecular complexity index is 1150. The van der Waals surface area contributed by atoms with Crippen LogP contribution in [0.5, 0.6) is 11.5 Å². The second-order valence-electron chi connectivity index (χ2n) is 6.69. The average molecular weight is 420 g/mol. The van der Waals surface area contributed by atoms with Crippen molar-refractivity contribution in [1.82, 2.24) is 10.9 Å². The molecule has 2 N–H and O–H groups in total. The van der Waals surface area contributed by atoms with Gasteiger partial charge in [0.15, 0.2) is 17.3 Å². The zero-order valence-corrected chi connectivity index (χ0v) is 16.1. The Labute approximate surface area is 176 Å². The van der Waals surface area contributed by atoms with Crippen LogP contribution in [0.2, 0.25) is 0 Å². The zero-order valence-electron chi connectivity index (χ0n) is 16.1. The van der Waals surface area contributed by atoms with Gasteiger partial charge in [-0.05, 0) is 42.5 Å². The Balaban J connectivity index is 1.43. The molecule has 1 atom stereocenters. The molecule has 1 aliphatic heterocycles. The molecule has 7 nitrogen and oxygen atoms in total. The van der Waals surface area contributed by atoms with Gasteiger partial charge in [-0.25, -0.2) is 4.39 Å². The number of halogens is 1. The molecule has 156 valence electrons.